The summed E-state index contributed by atoms with van der Waals surface area (Å²) in [6, 6.07) is 16.9. The quantitative estimate of drug-likeness (QED) is 0.355. The second-order valence-electron chi connectivity index (χ2n) is 11.3. The van der Waals surface area contributed by atoms with E-state index in [4.69, 9.17) is 4.74 Å². The molecular weight excluding hydrogens is 526 g/mol. The molecule has 3 aromatic rings. The molecule has 1 saturated carbocycles. The number of ether oxygens (including phenoxy) is 1. The molecule has 0 spiro atoms. The van der Waals surface area contributed by atoms with Crippen LogP contribution in [0.15, 0.2) is 60.7 Å². The highest BCUT2D eigenvalue weighted by atomic mass is 19.1. The predicted octanol–water partition coefficient (Wildman–Crippen LogP) is 5.57. The Bertz CT molecular complexity index is 1500. The lowest BCUT2D eigenvalue weighted by atomic mass is 9.89. The van der Waals surface area contributed by atoms with Gasteiger partial charge in [-0.05, 0) is 73.2 Å². The van der Waals surface area contributed by atoms with Gasteiger partial charge in [-0.15, -0.1) is 0 Å². The summed E-state index contributed by atoms with van der Waals surface area (Å²) >= 11 is 0. The number of piperidine rings is 1. The van der Waals surface area contributed by atoms with Crippen molar-refractivity contribution in [3.05, 3.63) is 100 Å². The molecule has 6 nitrogen and oxygen atoms in total. The highest BCUT2D eigenvalue weighted by Crippen LogP contribution is 2.35. The fourth-order valence-electron chi connectivity index (χ4n) is 6.37. The van der Waals surface area contributed by atoms with E-state index >= 15 is 0 Å². The van der Waals surface area contributed by atoms with E-state index in [0.29, 0.717) is 42.9 Å². The Morgan fingerprint density at radius 2 is 1.66 bits per heavy atom. The number of hydrogen-bond acceptors (Lipinski definition) is 5. The zero-order valence-electron chi connectivity index (χ0n) is 22.8. The van der Waals surface area contributed by atoms with Gasteiger partial charge in [-0.25, -0.2) is 8.78 Å². The monoisotopic (exact) mass is 558 g/mol. The Balaban J connectivity index is 1.06. The Morgan fingerprint density at radius 1 is 0.878 bits per heavy atom. The molecule has 0 bridgehead atoms. The maximum Gasteiger partial charge on any atom is 0.255 e. The fraction of sp³-hybridized carbons (Fsp3) is 0.364. The maximum atomic E-state index is 14.2. The Labute approximate surface area is 237 Å². The van der Waals surface area contributed by atoms with Crippen molar-refractivity contribution in [2.45, 2.75) is 63.8 Å². The number of amides is 1. The van der Waals surface area contributed by atoms with Crippen LogP contribution in [0.3, 0.4) is 0 Å². The standard InChI is InChI=1S/C33H32F2N2O4/c34-24-7-9-26(29(35)16-24)23-11-13-36(14-12-23)18-21-3-1-4-22(15-21)20-41-32-6-2-5-27-28(32)19-37(33(27)40)30-10-8-25(38)17-31(30)39/h1-7,9,15-16,23,30H,8,10-14,17-20H2. The number of ketones is 2. The zero-order valence-corrected chi connectivity index (χ0v) is 22.8. The molecule has 3 aromatic carbocycles. The average molecular weight is 559 g/mol. The molecule has 2 aliphatic heterocycles. The first kappa shape index (κ1) is 27.3. The third-order valence-corrected chi connectivity index (χ3v) is 8.55. The lowest BCUT2D eigenvalue weighted by molar-refractivity contribution is -0.133. The van der Waals surface area contributed by atoms with Gasteiger partial charge in [-0.1, -0.05) is 36.4 Å². The number of rotatable bonds is 7. The van der Waals surface area contributed by atoms with Gasteiger partial charge in [0.25, 0.3) is 5.91 Å². The number of likely N-dealkylation sites (tertiary alicyclic amines) is 1. The first-order valence-electron chi connectivity index (χ1n) is 14.2. The zero-order chi connectivity index (χ0) is 28.5. The molecule has 1 unspecified atom stereocenters. The molecule has 0 radical (unpaired) electrons. The van der Waals surface area contributed by atoms with Crippen molar-refractivity contribution in [2.75, 3.05) is 13.1 Å². The molecule has 41 heavy (non-hydrogen) atoms. The van der Waals surface area contributed by atoms with Crippen molar-refractivity contribution in [2.24, 2.45) is 0 Å². The average Bonchev–Trinajstić information content (AvgIpc) is 3.29. The Morgan fingerprint density at radius 3 is 2.44 bits per heavy atom. The van der Waals surface area contributed by atoms with Crippen LogP contribution in [0.25, 0.3) is 0 Å². The van der Waals surface area contributed by atoms with Crippen molar-refractivity contribution in [3.63, 3.8) is 0 Å². The van der Waals surface area contributed by atoms with Crippen LogP contribution >= 0.6 is 0 Å². The minimum Gasteiger partial charge on any atom is -0.489 e. The van der Waals surface area contributed by atoms with E-state index in [1.54, 1.807) is 23.1 Å². The van der Waals surface area contributed by atoms with Crippen molar-refractivity contribution in [1.82, 2.24) is 9.80 Å². The van der Waals surface area contributed by atoms with E-state index in [-0.39, 0.29) is 29.8 Å². The number of carbonyl (C=O) groups is 3. The van der Waals surface area contributed by atoms with Crippen molar-refractivity contribution < 1.29 is 27.9 Å². The number of carbonyl (C=O) groups excluding carboxylic acids is 3. The first-order chi connectivity index (χ1) is 19.9. The first-order valence-corrected chi connectivity index (χ1v) is 14.2. The largest absolute Gasteiger partial charge is 0.489 e. The SMILES string of the molecule is O=C1CCC(N2Cc3c(OCc4cccc(CN5CCC(c6ccc(F)cc6F)CC5)c4)cccc3C2=O)C(=O)C1. The second kappa shape index (κ2) is 11.5. The van der Waals surface area contributed by atoms with Gasteiger partial charge in [0.15, 0.2) is 5.78 Å². The number of fused-ring (bicyclic) bond motifs is 1. The van der Waals surface area contributed by atoms with Crippen molar-refractivity contribution in [3.8, 4) is 5.75 Å². The second-order valence-corrected chi connectivity index (χ2v) is 11.3. The van der Waals surface area contributed by atoms with Crippen LogP contribution in [0.1, 0.15) is 70.6 Å². The smallest absolute Gasteiger partial charge is 0.255 e. The lowest BCUT2D eigenvalue weighted by Gasteiger charge is -2.32. The van der Waals surface area contributed by atoms with Gasteiger partial charge in [0.1, 0.15) is 29.8 Å². The molecule has 6 rings (SSSR count). The van der Waals surface area contributed by atoms with Gasteiger partial charge in [-0.2, -0.15) is 0 Å². The summed E-state index contributed by atoms with van der Waals surface area (Å²) in [5.74, 6) is -0.726. The molecule has 212 valence electrons. The van der Waals surface area contributed by atoms with Crippen molar-refractivity contribution >= 4 is 17.5 Å². The number of benzene rings is 3. The summed E-state index contributed by atoms with van der Waals surface area (Å²) < 4.78 is 33.7. The Kier molecular flexibility index (Phi) is 7.67. The molecule has 1 aliphatic carbocycles. The predicted molar refractivity (Wildman–Crippen MR) is 148 cm³/mol. The summed E-state index contributed by atoms with van der Waals surface area (Å²) in [5, 5.41) is 0. The van der Waals surface area contributed by atoms with E-state index in [2.05, 4.69) is 17.0 Å². The lowest BCUT2D eigenvalue weighted by Crippen LogP contribution is -2.44. The topological polar surface area (TPSA) is 66.9 Å². The number of hydrogen-bond donors (Lipinski definition) is 0. The summed E-state index contributed by atoms with van der Waals surface area (Å²) in [4.78, 5) is 41.2. The summed E-state index contributed by atoms with van der Waals surface area (Å²) in [7, 11) is 0. The third kappa shape index (κ3) is 5.79. The van der Waals surface area contributed by atoms with Gasteiger partial charge in [-0.3, -0.25) is 19.3 Å². The van der Waals surface area contributed by atoms with Crippen molar-refractivity contribution in [1.29, 1.82) is 0 Å². The van der Waals surface area contributed by atoms with Crippen LogP contribution in [0.5, 0.6) is 5.75 Å². The normalized spacial score (nSPS) is 20.0. The van der Waals surface area contributed by atoms with Gasteiger partial charge in [0.05, 0.1) is 19.0 Å². The van der Waals surface area contributed by atoms with Gasteiger partial charge in [0, 0.05) is 30.2 Å². The van der Waals surface area contributed by atoms with E-state index in [1.807, 2.05) is 18.2 Å². The number of nitrogens with zero attached hydrogens (tertiary/aromatic N) is 2. The molecule has 8 heteroatoms. The molecule has 1 saturated heterocycles. The maximum absolute atomic E-state index is 14.2. The molecule has 3 aliphatic rings. The van der Waals surface area contributed by atoms with Gasteiger partial charge >= 0.3 is 0 Å². The highest BCUT2D eigenvalue weighted by Gasteiger charge is 2.40. The molecule has 1 amide bonds. The summed E-state index contributed by atoms with van der Waals surface area (Å²) in [5.41, 5.74) is 4.08. The molecule has 2 fully saturated rings. The van der Waals surface area contributed by atoms with Crippen LogP contribution in [0.4, 0.5) is 8.78 Å². The molecule has 1 atom stereocenters. The molecule has 0 N–H and O–H groups in total. The van der Waals surface area contributed by atoms with E-state index in [0.717, 1.165) is 55.2 Å². The van der Waals surface area contributed by atoms with Gasteiger partial charge < -0.3 is 9.64 Å². The summed E-state index contributed by atoms with van der Waals surface area (Å²) in [6.45, 7) is 3.07. The summed E-state index contributed by atoms with van der Waals surface area (Å²) in [6.07, 6.45) is 2.24. The van der Waals surface area contributed by atoms with E-state index < -0.39 is 17.7 Å². The third-order valence-electron chi connectivity index (χ3n) is 8.55. The van der Waals surface area contributed by atoms with Crippen LogP contribution < -0.4 is 4.74 Å². The molecule has 0 aromatic heterocycles. The highest BCUT2D eigenvalue weighted by molar-refractivity contribution is 6.07. The van der Waals surface area contributed by atoms with E-state index in [9.17, 15) is 23.2 Å². The van der Waals surface area contributed by atoms with Crippen LogP contribution in [-0.4, -0.2) is 46.4 Å². The number of Topliss-reactive ketones (excluding diaryl/α,β-unsaturated/α-hetero) is 2. The molecule has 2 heterocycles. The van der Waals surface area contributed by atoms with E-state index in [1.165, 1.54) is 6.07 Å². The van der Waals surface area contributed by atoms with Crippen LogP contribution in [-0.2, 0) is 29.3 Å². The minimum atomic E-state index is -0.558. The Hall–Kier alpha value is -3.91. The fourth-order valence-corrected chi connectivity index (χ4v) is 6.37. The van der Waals surface area contributed by atoms with Gasteiger partial charge in [0.2, 0.25) is 0 Å². The van der Waals surface area contributed by atoms with Crippen LogP contribution in [0.2, 0.25) is 0 Å². The minimum absolute atomic E-state index is 0.0634. The number of halogens is 2. The van der Waals surface area contributed by atoms with Crippen LogP contribution in [0, 0.1) is 11.6 Å². The molecular formula is C33H32F2N2O4.